The molecule has 78 valence electrons. The van der Waals surface area contributed by atoms with E-state index in [0.717, 1.165) is 18.7 Å². The summed E-state index contributed by atoms with van der Waals surface area (Å²) in [5.41, 5.74) is 2.61. The van der Waals surface area contributed by atoms with Crippen LogP contribution < -0.4 is 4.90 Å². The van der Waals surface area contributed by atoms with Gasteiger partial charge in [-0.05, 0) is 25.7 Å². The second-order valence-corrected chi connectivity index (χ2v) is 3.72. The van der Waals surface area contributed by atoms with Gasteiger partial charge in [-0.15, -0.1) is 12.4 Å². The Labute approximate surface area is 91.0 Å². The predicted octanol–water partition coefficient (Wildman–Crippen LogP) is 1.84. The molecular formula is C10H16ClN3. The Balaban J connectivity index is 0.000000980. The molecule has 0 N–H and O–H groups in total. The molecule has 0 fully saturated rings. The van der Waals surface area contributed by atoms with Gasteiger partial charge in [0.05, 0.1) is 0 Å². The molecule has 1 aliphatic rings. The molecule has 14 heavy (non-hydrogen) atoms. The Bertz CT molecular complexity index is 312. The third kappa shape index (κ3) is 1.98. The van der Waals surface area contributed by atoms with E-state index in [0.29, 0.717) is 0 Å². The maximum absolute atomic E-state index is 4.32. The average Bonchev–Trinajstić information content (AvgIpc) is 2.17. The Morgan fingerprint density at radius 1 is 1.14 bits per heavy atom. The Kier molecular flexibility index (Phi) is 3.69. The molecule has 1 aromatic rings. The Hall–Kier alpha value is -0.830. The second kappa shape index (κ2) is 4.60. The van der Waals surface area contributed by atoms with Crippen molar-refractivity contribution in [2.75, 3.05) is 19.0 Å². The molecule has 3 nitrogen and oxygen atoms in total. The van der Waals surface area contributed by atoms with Gasteiger partial charge in [0, 0.05) is 25.4 Å². The number of aryl methyl sites for hydroxylation is 1. The van der Waals surface area contributed by atoms with Crippen LogP contribution in [0.25, 0.3) is 0 Å². The van der Waals surface area contributed by atoms with Crippen LogP contribution in [-0.4, -0.2) is 24.1 Å². The molecule has 1 heterocycles. The highest BCUT2D eigenvalue weighted by molar-refractivity contribution is 5.85. The summed E-state index contributed by atoms with van der Waals surface area (Å²) < 4.78 is 0. The van der Waals surface area contributed by atoms with E-state index in [9.17, 15) is 0 Å². The number of nitrogens with zero attached hydrogens (tertiary/aromatic N) is 3. The minimum absolute atomic E-state index is 0. The first kappa shape index (κ1) is 11.2. The first-order chi connectivity index (χ1) is 6.29. The summed E-state index contributed by atoms with van der Waals surface area (Å²) in [5.74, 6) is 1.10. The monoisotopic (exact) mass is 213 g/mol. The van der Waals surface area contributed by atoms with Crippen molar-refractivity contribution in [1.82, 2.24) is 9.97 Å². The van der Waals surface area contributed by atoms with Crippen LogP contribution in [0.2, 0.25) is 0 Å². The van der Waals surface area contributed by atoms with Crippen LogP contribution in [0.4, 0.5) is 5.82 Å². The molecule has 0 unspecified atom stereocenters. The summed E-state index contributed by atoms with van der Waals surface area (Å²) in [6, 6.07) is 0. The van der Waals surface area contributed by atoms with E-state index >= 15 is 0 Å². The Morgan fingerprint density at radius 2 is 1.86 bits per heavy atom. The number of fused-ring (bicyclic) bond motifs is 1. The van der Waals surface area contributed by atoms with Crippen LogP contribution in [0.5, 0.6) is 0 Å². The van der Waals surface area contributed by atoms with E-state index < -0.39 is 0 Å². The fourth-order valence-electron chi connectivity index (χ4n) is 1.89. The molecule has 2 rings (SSSR count). The Morgan fingerprint density at radius 3 is 2.57 bits per heavy atom. The van der Waals surface area contributed by atoms with Gasteiger partial charge in [-0.25, -0.2) is 9.97 Å². The zero-order valence-corrected chi connectivity index (χ0v) is 9.47. The molecule has 1 aliphatic carbocycles. The van der Waals surface area contributed by atoms with Crippen molar-refractivity contribution >= 4 is 18.2 Å². The zero-order chi connectivity index (χ0) is 9.26. The third-order valence-electron chi connectivity index (χ3n) is 2.53. The molecule has 1 aromatic heterocycles. The summed E-state index contributed by atoms with van der Waals surface area (Å²) in [4.78, 5) is 10.7. The van der Waals surface area contributed by atoms with E-state index in [1.807, 2.05) is 14.1 Å². The van der Waals surface area contributed by atoms with Gasteiger partial charge < -0.3 is 4.90 Å². The number of anilines is 1. The minimum atomic E-state index is 0. The van der Waals surface area contributed by atoms with Crippen LogP contribution in [0, 0.1) is 0 Å². The van der Waals surface area contributed by atoms with Crippen LogP contribution in [0.15, 0.2) is 6.33 Å². The van der Waals surface area contributed by atoms with Crippen LogP contribution in [0.3, 0.4) is 0 Å². The summed E-state index contributed by atoms with van der Waals surface area (Å²) in [7, 11) is 4.08. The number of hydrogen-bond donors (Lipinski definition) is 0. The van der Waals surface area contributed by atoms with Gasteiger partial charge in [-0.2, -0.15) is 0 Å². The molecular weight excluding hydrogens is 198 g/mol. The van der Waals surface area contributed by atoms with Crippen molar-refractivity contribution in [3.05, 3.63) is 17.6 Å². The van der Waals surface area contributed by atoms with E-state index in [1.54, 1.807) is 6.33 Å². The smallest absolute Gasteiger partial charge is 0.134 e. The van der Waals surface area contributed by atoms with Gasteiger partial charge in [0.2, 0.25) is 0 Å². The van der Waals surface area contributed by atoms with Crippen molar-refractivity contribution in [1.29, 1.82) is 0 Å². The highest BCUT2D eigenvalue weighted by Gasteiger charge is 2.15. The molecule has 0 saturated carbocycles. The zero-order valence-electron chi connectivity index (χ0n) is 8.66. The van der Waals surface area contributed by atoms with Crippen LogP contribution >= 0.6 is 12.4 Å². The lowest BCUT2D eigenvalue weighted by Crippen LogP contribution is -2.17. The quantitative estimate of drug-likeness (QED) is 0.713. The van der Waals surface area contributed by atoms with Gasteiger partial charge in [0.25, 0.3) is 0 Å². The molecule has 0 aliphatic heterocycles. The maximum atomic E-state index is 4.32. The number of aromatic nitrogens is 2. The minimum Gasteiger partial charge on any atom is -0.362 e. The van der Waals surface area contributed by atoms with Crippen molar-refractivity contribution in [2.45, 2.75) is 25.7 Å². The fourth-order valence-corrected chi connectivity index (χ4v) is 1.89. The van der Waals surface area contributed by atoms with Crippen LogP contribution in [-0.2, 0) is 12.8 Å². The molecule has 0 amide bonds. The van der Waals surface area contributed by atoms with E-state index in [-0.39, 0.29) is 12.4 Å². The first-order valence-electron chi connectivity index (χ1n) is 4.79. The molecule has 0 aromatic carbocycles. The molecule has 0 radical (unpaired) electrons. The maximum Gasteiger partial charge on any atom is 0.134 e. The second-order valence-electron chi connectivity index (χ2n) is 3.72. The van der Waals surface area contributed by atoms with Gasteiger partial charge in [0.1, 0.15) is 12.1 Å². The SMILES string of the molecule is CN(C)c1ncnc2c1CCCC2.Cl. The predicted molar refractivity (Wildman–Crippen MR) is 60.2 cm³/mol. The van der Waals surface area contributed by atoms with Crippen molar-refractivity contribution in [3.8, 4) is 0 Å². The normalized spacial score (nSPS) is 14.1. The highest BCUT2D eigenvalue weighted by Crippen LogP contribution is 2.25. The van der Waals surface area contributed by atoms with Gasteiger partial charge in [0.15, 0.2) is 0 Å². The lowest BCUT2D eigenvalue weighted by atomic mass is 9.96. The largest absolute Gasteiger partial charge is 0.362 e. The fraction of sp³-hybridized carbons (Fsp3) is 0.600. The molecule has 0 spiro atoms. The number of hydrogen-bond acceptors (Lipinski definition) is 3. The van der Waals surface area contributed by atoms with E-state index in [2.05, 4.69) is 14.9 Å². The molecule has 0 atom stereocenters. The van der Waals surface area contributed by atoms with Gasteiger partial charge >= 0.3 is 0 Å². The molecule has 4 heteroatoms. The van der Waals surface area contributed by atoms with Crippen LogP contribution in [0.1, 0.15) is 24.1 Å². The summed E-state index contributed by atoms with van der Waals surface area (Å²) in [5, 5.41) is 0. The third-order valence-corrected chi connectivity index (χ3v) is 2.53. The average molecular weight is 214 g/mol. The highest BCUT2D eigenvalue weighted by atomic mass is 35.5. The number of halogens is 1. The molecule has 0 bridgehead atoms. The van der Waals surface area contributed by atoms with E-state index in [4.69, 9.17) is 0 Å². The van der Waals surface area contributed by atoms with Crippen molar-refractivity contribution in [2.24, 2.45) is 0 Å². The first-order valence-corrected chi connectivity index (χ1v) is 4.79. The lowest BCUT2D eigenvalue weighted by Gasteiger charge is -2.21. The van der Waals surface area contributed by atoms with E-state index in [1.165, 1.54) is 24.1 Å². The number of rotatable bonds is 1. The summed E-state index contributed by atoms with van der Waals surface area (Å²) in [6.07, 6.45) is 6.50. The molecule has 0 saturated heterocycles. The summed E-state index contributed by atoms with van der Waals surface area (Å²) >= 11 is 0. The van der Waals surface area contributed by atoms with Gasteiger partial charge in [-0.3, -0.25) is 0 Å². The van der Waals surface area contributed by atoms with Crippen molar-refractivity contribution in [3.63, 3.8) is 0 Å². The topological polar surface area (TPSA) is 29.0 Å². The summed E-state index contributed by atoms with van der Waals surface area (Å²) in [6.45, 7) is 0. The van der Waals surface area contributed by atoms with Crippen molar-refractivity contribution < 1.29 is 0 Å². The standard InChI is InChI=1S/C10H15N3.ClH/c1-13(2)10-8-5-3-4-6-9(8)11-7-12-10;/h7H,3-6H2,1-2H3;1H. The lowest BCUT2D eigenvalue weighted by molar-refractivity contribution is 0.660. The van der Waals surface area contributed by atoms with Gasteiger partial charge in [-0.1, -0.05) is 0 Å².